The second-order valence-electron chi connectivity index (χ2n) is 4.87. The van der Waals surface area contributed by atoms with E-state index in [9.17, 15) is 9.90 Å². The highest BCUT2D eigenvalue weighted by Crippen LogP contribution is 2.11. The molecule has 0 aromatic carbocycles. The molecule has 0 amide bonds. The Bertz CT molecular complexity index is 443. The van der Waals surface area contributed by atoms with Crippen LogP contribution in [-0.4, -0.2) is 38.8 Å². The van der Waals surface area contributed by atoms with Crippen molar-refractivity contribution in [3.63, 3.8) is 0 Å². The van der Waals surface area contributed by atoms with Crippen molar-refractivity contribution in [2.45, 2.75) is 32.4 Å². The molecule has 0 radical (unpaired) electrons. The lowest BCUT2D eigenvalue weighted by atomic mass is 10.1. The van der Waals surface area contributed by atoms with Gasteiger partial charge in [-0.05, 0) is 27.0 Å². The van der Waals surface area contributed by atoms with Gasteiger partial charge >= 0.3 is 0 Å². The van der Waals surface area contributed by atoms with E-state index >= 15 is 0 Å². The minimum Gasteiger partial charge on any atom is -0.387 e. The van der Waals surface area contributed by atoms with Crippen LogP contribution < -0.4 is 10.9 Å². The fourth-order valence-corrected chi connectivity index (χ4v) is 2.31. The van der Waals surface area contributed by atoms with E-state index in [-0.39, 0.29) is 17.4 Å². The minimum atomic E-state index is -0.855. The van der Waals surface area contributed by atoms with Gasteiger partial charge in [0.15, 0.2) is 5.82 Å². The van der Waals surface area contributed by atoms with Gasteiger partial charge in [-0.15, -0.1) is 0 Å². The highest BCUT2D eigenvalue weighted by Gasteiger charge is 2.20. The number of thioether (sulfide) groups is 1. The molecule has 1 heterocycles. The summed E-state index contributed by atoms with van der Waals surface area (Å²) in [6.45, 7) is 5.92. The lowest BCUT2D eigenvalue weighted by Gasteiger charge is -2.22. The van der Waals surface area contributed by atoms with Crippen molar-refractivity contribution in [3.8, 4) is 0 Å². The second kappa shape index (κ2) is 6.24. The Hall–Kier alpha value is -1.01. The molecule has 0 aliphatic carbocycles. The Morgan fingerprint density at radius 3 is 2.83 bits per heavy atom. The monoisotopic (exact) mass is 271 g/mol. The highest BCUT2D eigenvalue weighted by molar-refractivity contribution is 7.98. The van der Waals surface area contributed by atoms with Crippen LogP contribution in [0.5, 0.6) is 0 Å². The quantitative estimate of drug-likeness (QED) is 0.817. The van der Waals surface area contributed by atoms with Crippen LogP contribution in [0.25, 0.3) is 0 Å². The maximum Gasteiger partial charge on any atom is 0.293 e. The molecule has 18 heavy (non-hydrogen) atoms. The summed E-state index contributed by atoms with van der Waals surface area (Å²) < 4.78 is 1.61. The number of anilines is 1. The molecule has 1 unspecified atom stereocenters. The van der Waals surface area contributed by atoms with Crippen molar-refractivity contribution >= 4 is 17.6 Å². The van der Waals surface area contributed by atoms with Gasteiger partial charge in [-0.1, -0.05) is 0 Å². The van der Waals surface area contributed by atoms with Crippen LogP contribution in [0.3, 0.4) is 0 Å². The minimum absolute atomic E-state index is 0.0905. The third-order valence-electron chi connectivity index (χ3n) is 2.52. The normalized spacial score (nSPS) is 14.6. The Kier molecular flexibility index (Phi) is 5.22. The van der Waals surface area contributed by atoms with Gasteiger partial charge in [0, 0.05) is 30.7 Å². The number of hydrogen-bond acceptors (Lipinski definition) is 5. The first kappa shape index (κ1) is 15.0. The molecule has 1 aromatic rings. The third kappa shape index (κ3) is 4.03. The first-order valence-electron chi connectivity index (χ1n) is 5.90. The zero-order valence-corrected chi connectivity index (χ0v) is 12.1. The average Bonchev–Trinajstić information content (AvgIpc) is 2.27. The molecule has 2 N–H and O–H groups in total. The molecule has 0 saturated heterocycles. The molecule has 0 saturated carbocycles. The fraction of sp³-hybridized carbons (Fsp3) is 0.667. The van der Waals surface area contributed by atoms with Crippen LogP contribution in [0.2, 0.25) is 0 Å². The molecule has 1 aromatic heterocycles. The molecule has 0 fully saturated rings. The first-order chi connectivity index (χ1) is 8.37. The SMILES string of the molecule is CSCC(C)(O)CNc1nccn(C(C)C)c1=O. The van der Waals surface area contributed by atoms with E-state index < -0.39 is 5.60 Å². The summed E-state index contributed by atoms with van der Waals surface area (Å²) in [5.74, 6) is 0.887. The average molecular weight is 271 g/mol. The number of aromatic nitrogens is 2. The smallest absolute Gasteiger partial charge is 0.293 e. The van der Waals surface area contributed by atoms with Gasteiger partial charge < -0.3 is 15.0 Å². The Labute approximate surface area is 112 Å². The second-order valence-corrected chi connectivity index (χ2v) is 5.73. The number of hydrogen-bond donors (Lipinski definition) is 2. The van der Waals surface area contributed by atoms with Crippen molar-refractivity contribution in [2.75, 3.05) is 23.9 Å². The molecule has 0 aliphatic heterocycles. The van der Waals surface area contributed by atoms with Gasteiger partial charge in [-0.2, -0.15) is 11.8 Å². The van der Waals surface area contributed by atoms with E-state index in [4.69, 9.17) is 0 Å². The van der Waals surface area contributed by atoms with Crippen molar-refractivity contribution in [2.24, 2.45) is 0 Å². The van der Waals surface area contributed by atoms with E-state index in [0.717, 1.165) is 0 Å². The predicted octanol–water partition coefficient (Wildman–Crippen LogP) is 1.35. The lowest BCUT2D eigenvalue weighted by molar-refractivity contribution is 0.0996. The van der Waals surface area contributed by atoms with Gasteiger partial charge in [0.05, 0.1) is 5.60 Å². The molecule has 102 valence electrons. The van der Waals surface area contributed by atoms with Crippen LogP contribution in [0.4, 0.5) is 5.82 Å². The maximum atomic E-state index is 12.0. The number of nitrogens with one attached hydrogen (secondary N) is 1. The van der Waals surface area contributed by atoms with Crippen molar-refractivity contribution in [1.29, 1.82) is 0 Å². The zero-order chi connectivity index (χ0) is 13.8. The summed E-state index contributed by atoms with van der Waals surface area (Å²) in [5.41, 5.74) is -1.01. The van der Waals surface area contributed by atoms with Gasteiger partial charge in [-0.3, -0.25) is 4.79 Å². The van der Waals surface area contributed by atoms with Gasteiger partial charge in [-0.25, -0.2) is 4.98 Å². The zero-order valence-electron chi connectivity index (χ0n) is 11.3. The Balaban J connectivity index is 2.80. The molecule has 5 nitrogen and oxygen atoms in total. The summed E-state index contributed by atoms with van der Waals surface area (Å²) in [5, 5.41) is 13.0. The number of aliphatic hydroxyl groups is 1. The van der Waals surface area contributed by atoms with Gasteiger partial charge in [0.25, 0.3) is 5.56 Å². The van der Waals surface area contributed by atoms with E-state index in [1.165, 1.54) is 0 Å². The van der Waals surface area contributed by atoms with Crippen molar-refractivity contribution in [3.05, 3.63) is 22.7 Å². The van der Waals surface area contributed by atoms with E-state index in [1.54, 1.807) is 35.6 Å². The lowest BCUT2D eigenvalue weighted by Crippen LogP contribution is -2.38. The molecule has 0 spiro atoms. The summed E-state index contributed by atoms with van der Waals surface area (Å²) in [6.07, 6.45) is 5.19. The number of rotatable bonds is 6. The van der Waals surface area contributed by atoms with Crippen molar-refractivity contribution in [1.82, 2.24) is 9.55 Å². The van der Waals surface area contributed by atoms with Crippen LogP contribution in [0, 0.1) is 0 Å². The summed E-state index contributed by atoms with van der Waals surface area (Å²) in [6, 6.07) is 0.0905. The van der Waals surface area contributed by atoms with E-state index in [2.05, 4.69) is 10.3 Å². The topological polar surface area (TPSA) is 67.2 Å². The molecule has 1 rings (SSSR count). The van der Waals surface area contributed by atoms with Crippen molar-refractivity contribution < 1.29 is 5.11 Å². The fourth-order valence-electron chi connectivity index (χ4n) is 1.59. The Morgan fingerprint density at radius 1 is 1.61 bits per heavy atom. The first-order valence-corrected chi connectivity index (χ1v) is 7.29. The summed E-state index contributed by atoms with van der Waals surface area (Å²) in [4.78, 5) is 16.1. The van der Waals surface area contributed by atoms with Crippen LogP contribution >= 0.6 is 11.8 Å². The molecule has 6 heteroatoms. The van der Waals surface area contributed by atoms with E-state index in [0.29, 0.717) is 12.3 Å². The third-order valence-corrected chi connectivity index (χ3v) is 3.43. The molecule has 0 bridgehead atoms. The molecular weight excluding hydrogens is 250 g/mol. The highest BCUT2D eigenvalue weighted by atomic mass is 32.2. The number of nitrogens with zero attached hydrogens (tertiary/aromatic N) is 2. The Morgan fingerprint density at radius 2 is 2.28 bits per heavy atom. The van der Waals surface area contributed by atoms with Crippen LogP contribution in [0.1, 0.15) is 26.8 Å². The largest absolute Gasteiger partial charge is 0.387 e. The standard InChI is InChI=1S/C12H21N3O2S/c1-9(2)15-6-5-13-10(11(15)16)14-7-12(3,17)8-18-4/h5-6,9,17H,7-8H2,1-4H3,(H,13,14). The van der Waals surface area contributed by atoms with Crippen LogP contribution in [-0.2, 0) is 0 Å². The predicted molar refractivity (Wildman–Crippen MR) is 76.4 cm³/mol. The van der Waals surface area contributed by atoms with Gasteiger partial charge in [0.2, 0.25) is 0 Å². The molecule has 1 atom stereocenters. The summed E-state index contributed by atoms with van der Waals surface area (Å²) >= 11 is 1.56. The molecular formula is C12H21N3O2S. The van der Waals surface area contributed by atoms with Gasteiger partial charge in [0.1, 0.15) is 0 Å². The maximum absolute atomic E-state index is 12.0. The summed E-state index contributed by atoms with van der Waals surface area (Å²) in [7, 11) is 0. The molecule has 0 aliphatic rings. The van der Waals surface area contributed by atoms with Crippen LogP contribution in [0.15, 0.2) is 17.2 Å². The van der Waals surface area contributed by atoms with E-state index in [1.807, 2.05) is 20.1 Å².